The second-order valence-electron chi connectivity index (χ2n) is 6.74. The zero-order chi connectivity index (χ0) is 17.1. The molecule has 0 aromatic rings. The van der Waals surface area contributed by atoms with Crippen LogP contribution in [-0.4, -0.2) is 50.6 Å². The Morgan fingerprint density at radius 2 is 1.64 bits per heavy atom. The van der Waals surface area contributed by atoms with Crippen LogP contribution in [0.1, 0.15) is 60.3 Å². The van der Waals surface area contributed by atoms with Gasteiger partial charge in [0.2, 0.25) is 5.91 Å². The fraction of sp³-hybridized carbons (Fsp3) is 0.941. The summed E-state index contributed by atoms with van der Waals surface area (Å²) in [5.74, 6) is 0.0912. The first-order valence-corrected chi connectivity index (χ1v) is 8.26. The second kappa shape index (κ2) is 11.0. The molecule has 0 rings (SSSR count). The van der Waals surface area contributed by atoms with Gasteiger partial charge in [0.05, 0.1) is 17.8 Å². The predicted molar refractivity (Wildman–Crippen MR) is 89.1 cm³/mol. The number of methoxy groups -OCH3 is 1. The molecule has 5 nitrogen and oxygen atoms in total. The third-order valence-corrected chi connectivity index (χ3v) is 3.71. The summed E-state index contributed by atoms with van der Waals surface area (Å²) in [5, 5.41) is 2.83. The van der Waals surface area contributed by atoms with Crippen molar-refractivity contribution in [1.82, 2.24) is 5.32 Å². The Kier molecular flexibility index (Phi) is 10.6. The zero-order valence-electron chi connectivity index (χ0n) is 15.3. The molecule has 132 valence electrons. The van der Waals surface area contributed by atoms with Gasteiger partial charge in [-0.25, -0.2) is 0 Å². The molecule has 0 fully saturated rings. The van der Waals surface area contributed by atoms with Gasteiger partial charge in [0.1, 0.15) is 0 Å². The van der Waals surface area contributed by atoms with Crippen molar-refractivity contribution in [1.29, 1.82) is 0 Å². The lowest BCUT2D eigenvalue weighted by molar-refractivity contribution is -0.120. The van der Waals surface area contributed by atoms with Crippen molar-refractivity contribution in [2.75, 3.05) is 33.5 Å². The molecular weight excluding hydrogens is 282 g/mol. The van der Waals surface area contributed by atoms with E-state index in [9.17, 15) is 4.79 Å². The van der Waals surface area contributed by atoms with E-state index < -0.39 is 0 Å². The summed E-state index contributed by atoms with van der Waals surface area (Å²) in [6.45, 7) is 12.8. The molecule has 22 heavy (non-hydrogen) atoms. The Bertz CT molecular complexity index is 303. The van der Waals surface area contributed by atoms with Gasteiger partial charge in [0.25, 0.3) is 0 Å². The minimum absolute atomic E-state index is 0.0912. The number of ether oxygens (including phenoxy) is 3. The van der Waals surface area contributed by atoms with Crippen molar-refractivity contribution in [3.8, 4) is 0 Å². The maximum absolute atomic E-state index is 11.0. The van der Waals surface area contributed by atoms with Crippen molar-refractivity contribution in [3.05, 3.63) is 0 Å². The molecule has 0 aliphatic carbocycles. The van der Waals surface area contributed by atoms with E-state index in [1.807, 2.05) is 6.92 Å². The lowest BCUT2D eigenvalue weighted by atomic mass is 10.0. The Morgan fingerprint density at radius 3 is 2.23 bits per heavy atom. The minimum Gasteiger partial charge on any atom is -0.381 e. The maximum Gasteiger partial charge on any atom is 0.219 e. The highest BCUT2D eigenvalue weighted by atomic mass is 16.5. The van der Waals surface area contributed by atoms with Gasteiger partial charge in [-0.1, -0.05) is 6.92 Å². The lowest BCUT2D eigenvalue weighted by Gasteiger charge is -2.28. The van der Waals surface area contributed by atoms with Crippen molar-refractivity contribution in [3.63, 3.8) is 0 Å². The zero-order valence-corrected chi connectivity index (χ0v) is 15.3. The minimum atomic E-state index is -0.194. The van der Waals surface area contributed by atoms with Gasteiger partial charge in [-0.05, 0) is 47.0 Å². The van der Waals surface area contributed by atoms with E-state index in [-0.39, 0.29) is 17.1 Å². The van der Waals surface area contributed by atoms with Crippen molar-refractivity contribution in [2.24, 2.45) is 0 Å². The Balaban J connectivity index is 3.61. The molecule has 1 N–H and O–H groups in total. The first kappa shape index (κ1) is 21.4. The Hall–Kier alpha value is -0.650. The standard InChI is InChI=1S/C17H35NO4/c1-7-15(19)18-11-8-12-21-13-9-17(4,5)22-14-10-16(2,3)20-6/h7-14H2,1-6H3,(H,18,19). The fourth-order valence-corrected chi connectivity index (χ4v) is 1.69. The summed E-state index contributed by atoms with van der Waals surface area (Å²) in [7, 11) is 1.72. The van der Waals surface area contributed by atoms with E-state index in [0.29, 0.717) is 32.8 Å². The van der Waals surface area contributed by atoms with Crippen LogP contribution in [0.2, 0.25) is 0 Å². The van der Waals surface area contributed by atoms with Gasteiger partial charge in [-0.15, -0.1) is 0 Å². The number of carbonyl (C=O) groups is 1. The van der Waals surface area contributed by atoms with Gasteiger partial charge >= 0.3 is 0 Å². The normalized spacial score (nSPS) is 12.5. The topological polar surface area (TPSA) is 56.8 Å². The van der Waals surface area contributed by atoms with Gasteiger partial charge in [-0.2, -0.15) is 0 Å². The van der Waals surface area contributed by atoms with Crippen LogP contribution in [0.5, 0.6) is 0 Å². The molecule has 0 spiro atoms. The molecule has 0 aliphatic heterocycles. The monoisotopic (exact) mass is 317 g/mol. The molecule has 0 radical (unpaired) electrons. The average molecular weight is 317 g/mol. The largest absolute Gasteiger partial charge is 0.381 e. The number of carbonyl (C=O) groups excluding carboxylic acids is 1. The van der Waals surface area contributed by atoms with Gasteiger partial charge in [0.15, 0.2) is 0 Å². The third-order valence-electron chi connectivity index (χ3n) is 3.71. The highest BCUT2D eigenvalue weighted by molar-refractivity contribution is 5.75. The van der Waals surface area contributed by atoms with Crippen molar-refractivity contribution >= 4 is 5.91 Å². The van der Waals surface area contributed by atoms with Gasteiger partial charge in [-0.3, -0.25) is 4.79 Å². The van der Waals surface area contributed by atoms with E-state index in [4.69, 9.17) is 14.2 Å². The highest BCUT2D eigenvalue weighted by Gasteiger charge is 2.21. The number of hydrogen-bond acceptors (Lipinski definition) is 4. The predicted octanol–water partition coefficient (Wildman–Crippen LogP) is 2.92. The van der Waals surface area contributed by atoms with Crippen LogP contribution in [0.3, 0.4) is 0 Å². The Labute approximate surface area is 136 Å². The summed E-state index contributed by atoms with van der Waals surface area (Å²) in [5.41, 5.74) is -0.338. The summed E-state index contributed by atoms with van der Waals surface area (Å²) >= 11 is 0. The smallest absolute Gasteiger partial charge is 0.219 e. The fourth-order valence-electron chi connectivity index (χ4n) is 1.69. The van der Waals surface area contributed by atoms with E-state index in [1.54, 1.807) is 7.11 Å². The molecule has 0 atom stereocenters. The molecule has 0 saturated heterocycles. The van der Waals surface area contributed by atoms with Crippen LogP contribution >= 0.6 is 0 Å². The molecule has 0 aromatic heterocycles. The number of rotatable bonds is 13. The van der Waals surface area contributed by atoms with Gasteiger partial charge < -0.3 is 19.5 Å². The summed E-state index contributed by atoms with van der Waals surface area (Å²) < 4.78 is 16.9. The number of hydrogen-bond donors (Lipinski definition) is 1. The molecule has 0 bridgehead atoms. The van der Waals surface area contributed by atoms with Crippen LogP contribution in [0.25, 0.3) is 0 Å². The van der Waals surface area contributed by atoms with Crippen LogP contribution in [-0.2, 0) is 19.0 Å². The second-order valence-corrected chi connectivity index (χ2v) is 6.74. The lowest BCUT2D eigenvalue weighted by Crippen LogP contribution is -2.31. The molecule has 1 amide bonds. The third kappa shape index (κ3) is 12.0. The molecule has 0 unspecified atom stereocenters. The Morgan fingerprint density at radius 1 is 1.00 bits per heavy atom. The maximum atomic E-state index is 11.0. The van der Waals surface area contributed by atoms with Crippen molar-refractivity contribution < 1.29 is 19.0 Å². The number of nitrogens with one attached hydrogen (secondary N) is 1. The quantitative estimate of drug-likeness (QED) is 0.531. The summed E-state index contributed by atoms with van der Waals surface area (Å²) in [6.07, 6.45) is 3.09. The first-order valence-electron chi connectivity index (χ1n) is 8.26. The summed E-state index contributed by atoms with van der Waals surface area (Å²) in [6, 6.07) is 0. The molecule has 0 saturated carbocycles. The van der Waals surface area contributed by atoms with E-state index >= 15 is 0 Å². The number of amides is 1. The molecule has 0 heterocycles. The molecule has 5 heteroatoms. The summed E-state index contributed by atoms with van der Waals surface area (Å²) in [4.78, 5) is 11.0. The molecule has 0 aliphatic rings. The van der Waals surface area contributed by atoms with Crippen LogP contribution in [0.4, 0.5) is 0 Å². The van der Waals surface area contributed by atoms with Crippen LogP contribution < -0.4 is 5.32 Å². The van der Waals surface area contributed by atoms with Crippen molar-refractivity contribution in [2.45, 2.75) is 71.5 Å². The van der Waals surface area contributed by atoms with E-state index in [2.05, 4.69) is 33.0 Å². The van der Waals surface area contributed by atoms with E-state index in [1.165, 1.54) is 0 Å². The van der Waals surface area contributed by atoms with E-state index in [0.717, 1.165) is 19.3 Å². The molecule has 0 aromatic carbocycles. The average Bonchev–Trinajstić information content (AvgIpc) is 2.45. The molecular formula is C17H35NO4. The van der Waals surface area contributed by atoms with Crippen LogP contribution in [0, 0.1) is 0 Å². The SMILES string of the molecule is CCC(=O)NCCCOCCC(C)(C)OCCC(C)(C)OC. The highest BCUT2D eigenvalue weighted by Crippen LogP contribution is 2.18. The first-order chi connectivity index (χ1) is 10.2. The van der Waals surface area contributed by atoms with Crippen LogP contribution in [0.15, 0.2) is 0 Å². The van der Waals surface area contributed by atoms with Gasteiger partial charge in [0, 0.05) is 33.3 Å².